The zero-order chi connectivity index (χ0) is 18.9. The summed E-state index contributed by atoms with van der Waals surface area (Å²) in [4.78, 5) is 6.14. The van der Waals surface area contributed by atoms with Gasteiger partial charge in [0.05, 0.1) is 15.4 Å². The minimum atomic E-state index is -4.44. The molecule has 0 aliphatic rings. The van der Waals surface area contributed by atoms with E-state index in [1.54, 1.807) is 30.5 Å². The van der Waals surface area contributed by atoms with Gasteiger partial charge in [0, 0.05) is 17.0 Å². The molecule has 0 saturated heterocycles. The number of rotatable bonds is 4. The molecule has 0 N–H and O–H groups in total. The highest BCUT2D eigenvalue weighted by Gasteiger charge is 2.29. The first-order valence-corrected chi connectivity index (χ1v) is 8.79. The SMILES string of the molecule is FC(F)(F)COc1nnc(-c2ccc(-c3ccccn3)s2)c2ccccc12. The monoisotopic (exact) mass is 387 g/mol. The van der Waals surface area contributed by atoms with E-state index in [2.05, 4.69) is 15.2 Å². The molecule has 3 aromatic heterocycles. The molecule has 0 unspecified atom stereocenters. The molecule has 8 heteroatoms. The van der Waals surface area contributed by atoms with Crippen molar-refractivity contribution >= 4 is 22.1 Å². The summed E-state index contributed by atoms with van der Waals surface area (Å²) in [5.74, 6) is -0.131. The fraction of sp³-hybridized carbons (Fsp3) is 0.105. The van der Waals surface area contributed by atoms with Crippen LogP contribution in [0.2, 0.25) is 0 Å². The van der Waals surface area contributed by atoms with E-state index in [0.29, 0.717) is 16.5 Å². The first-order valence-electron chi connectivity index (χ1n) is 7.98. The Balaban J connectivity index is 1.74. The quantitative estimate of drug-likeness (QED) is 0.473. The molecular formula is C19H12F3N3OS. The highest BCUT2D eigenvalue weighted by atomic mass is 32.1. The van der Waals surface area contributed by atoms with Gasteiger partial charge in [-0.15, -0.1) is 21.5 Å². The van der Waals surface area contributed by atoms with Gasteiger partial charge >= 0.3 is 6.18 Å². The third-order valence-electron chi connectivity index (χ3n) is 3.78. The molecule has 0 fully saturated rings. The van der Waals surface area contributed by atoms with Crippen molar-refractivity contribution in [3.05, 3.63) is 60.8 Å². The molecule has 0 aliphatic carbocycles. The van der Waals surface area contributed by atoms with Crippen molar-refractivity contribution in [2.45, 2.75) is 6.18 Å². The van der Waals surface area contributed by atoms with Crippen molar-refractivity contribution in [2.75, 3.05) is 6.61 Å². The molecule has 4 aromatic rings. The van der Waals surface area contributed by atoms with E-state index in [4.69, 9.17) is 4.74 Å². The largest absolute Gasteiger partial charge is 0.467 e. The van der Waals surface area contributed by atoms with Crippen molar-refractivity contribution in [3.63, 3.8) is 0 Å². The van der Waals surface area contributed by atoms with Gasteiger partial charge < -0.3 is 4.74 Å². The van der Waals surface area contributed by atoms with E-state index in [9.17, 15) is 13.2 Å². The van der Waals surface area contributed by atoms with E-state index in [0.717, 1.165) is 15.4 Å². The van der Waals surface area contributed by atoms with E-state index in [-0.39, 0.29) is 5.88 Å². The van der Waals surface area contributed by atoms with Crippen LogP contribution in [0, 0.1) is 0 Å². The van der Waals surface area contributed by atoms with Crippen LogP contribution in [0.5, 0.6) is 5.88 Å². The normalized spacial score (nSPS) is 11.7. The predicted molar refractivity (Wildman–Crippen MR) is 97.6 cm³/mol. The van der Waals surface area contributed by atoms with Gasteiger partial charge in [-0.25, -0.2) is 0 Å². The summed E-state index contributed by atoms with van der Waals surface area (Å²) >= 11 is 1.49. The molecule has 4 rings (SSSR count). The van der Waals surface area contributed by atoms with Gasteiger partial charge in [0.1, 0.15) is 5.69 Å². The maximum Gasteiger partial charge on any atom is 0.422 e. The van der Waals surface area contributed by atoms with Crippen molar-refractivity contribution in [2.24, 2.45) is 0 Å². The first-order chi connectivity index (χ1) is 13.0. The van der Waals surface area contributed by atoms with Crippen LogP contribution < -0.4 is 4.74 Å². The zero-order valence-electron chi connectivity index (χ0n) is 13.8. The lowest BCUT2D eigenvalue weighted by Gasteiger charge is -2.11. The van der Waals surface area contributed by atoms with Gasteiger partial charge in [-0.1, -0.05) is 24.3 Å². The fourth-order valence-electron chi connectivity index (χ4n) is 2.63. The number of fused-ring (bicyclic) bond motifs is 1. The van der Waals surface area contributed by atoms with E-state index in [1.807, 2.05) is 30.3 Å². The molecule has 0 saturated carbocycles. The molecule has 0 radical (unpaired) electrons. The summed E-state index contributed by atoms with van der Waals surface area (Å²) in [7, 11) is 0. The Kier molecular flexibility index (Phi) is 4.49. The summed E-state index contributed by atoms with van der Waals surface area (Å²) in [6, 6.07) is 16.5. The summed E-state index contributed by atoms with van der Waals surface area (Å²) in [6.07, 6.45) is -2.72. The van der Waals surface area contributed by atoms with Gasteiger partial charge in [-0.2, -0.15) is 13.2 Å². The molecule has 3 heterocycles. The summed E-state index contributed by atoms with van der Waals surface area (Å²) in [5.41, 5.74) is 1.44. The Morgan fingerprint density at radius 1 is 0.852 bits per heavy atom. The van der Waals surface area contributed by atoms with Gasteiger partial charge in [0.25, 0.3) is 0 Å². The fourth-order valence-corrected chi connectivity index (χ4v) is 3.61. The third kappa shape index (κ3) is 3.75. The van der Waals surface area contributed by atoms with E-state index in [1.165, 1.54) is 11.3 Å². The standard InChI is InChI=1S/C19H12F3N3OS/c20-19(21,22)11-26-18-13-6-2-1-5-12(13)17(24-25-18)16-9-8-15(27-16)14-7-3-4-10-23-14/h1-10H,11H2. The van der Waals surface area contributed by atoms with Crippen LogP contribution in [-0.4, -0.2) is 28.0 Å². The van der Waals surface area contributed by atoms with Crippen LogP contribution in [0.15, 0.2) is 60.8 Å². The molecule has 0 spiro atoms. The van der Waals surface area contributed by atoms with Crippen molar-refractivity contribution in [3.8, 4) is 27.0 Å². The Labute approximate surface area is 156 Å². The highest BCUT2D eigenvalue weighted by molar-refractivity contribution is 7.18. The highest BCUT2D eigenvalue weighted by Crippen LogP contribution is 2.37. The second-order valence-electron chi connectivity index (χ2n) is 5.68. The number of hydrogen-bond acceptors (Lipinski definition) is 5. The number of hydrogen-bond donors (Lipinski definition) is 0. The summed E-state index contributed by atoms with van der Waals surface area (Å²) in [5, 5.41) is 9.18. The number of halogens is 3. The van der Waals surface area contributed by atoms with Crippen LogP contribution in [0.3, 0.4) is 0 Å². The first kappa shape index (κ1) is 17.4. The maximum absolute atomic E-state index is 12.5. The number of alkyl halides is 3. The minimum absolute atomic E-state index is 0.131. The Morgan fingerprint density at radius 2 is 1.59 bits per heavy atom. The number of ether oxygens (including phenoxy) is 1. The van der Waals surface area contributed by atoms with Crippen molar-refractivity contribution in [1.82, 2.24) is 15.2 Å². The molecular weight excluding hydrogens is 375 g/mol. The number of pyridine rings is 1. The van der Waals surface area contributed by atoms with Crippen LogP contribution in [0.1, 0.15) is 0 Å². The van der Waals surface area contributed by atoms with Gasteiger partial charge in [-0.05, 0) is 30.3 Å². The summed E-state index contributed by atoms with van der Waals surface area (Å²) < 4.78 is 42.3. The lowest BCUT2D eigenvalue weighted by Crippen LogP contribution is -2.20. The molecule has 0 amide bonds. The second-order valence-corrected chi connectivity index (χ2v) is 6.77. The lowest BCUT2D eigenvalue weighted by molar-refractivity contribution is -0.153. The smallest absolute Gasteiger partial charge is 0.422 e. The van der Waals surface area contributed by atoms with Crippen molar-refractivity contribution < 1.29 is 17.9 Å². The van der Waals surface area contributed by atoms with Crippen LogP contribution in [0.4, 0.5) is 13.2 Å². The Morgan fingerprint density at radius 3 is 2.33 bits per heavy atom. The summed E-state index contributed by atoms with van der Waals surface area (Å²) in [6.45, 7) is -1.41. The van der Waals surface area contributed by atoms with E-state index < -0.39 is 12.8 Å². The second kappa shape index (κ2) is 6.96. The van der Waals surface area contributed by atoms with E-state index >= 15 is 0 Å². The van der Waals surface area contributed by atoms with Crippen LogP contribution in [-0.2, 0) is 0 Å². The average molecular weight is 387 g/mol. The molecule has 1 aromatic carbocycles. The Bertz CT molecular complexity index is 1080. The topological polar surface area (TPSA) is 47.9 Å². The minimum Gasteiger partial charge on any atom is -0.467 e. The number of aromatic nitrogens is 3. The lowest BCUT2D eigenvalue weighted by atomic mass is 10.1. The van der Waals surface area contributed by atoms with Gasteiger partial charge in [-0.3, -0.25) is 4.98 Å². The van der Waals surface area contributed by atoms with Crippen LogP contribution in [0.25, 0.3) is 31.9 Å². The molecule has 0 atom stereocenters. The number of nitrogens with zero attached hydrogens (tertiary/aromatic N) is 3. The molecule has 27 heavy (non-hydrogen) atoms. The molecule has 136 valence electrons. The third-order valence-corrected chi connectivity index (χ3v) is 4.90. The Hall–Kier alpha value is -3.00. The maximum atomic E-state index is 12.5. The number of thiophene rings is 1. The molecule has 0 bridgehead atoms. The predicted octanol–water partition coefficient (Wildman–Crippen LogP) is 5.36. The van der Waals surface area contributed by atoms with Crippen molar-refractivity contribution in [1.29, 1.82) is 0 Å². The zero-order valence-corrected chi connectivity index (χ0v) is 14.6. The molecule has 0 aliphatic heterocycles. The van der Waals surface area contributed by atoms with Crippen LogP contribution >= 0.6 is 11.3 Å². The molecule has 4 nitrogen and oxygen atoms in total. The average Bonchev–Trinajstić information content (AvgIpc) is 3.16. The van der Waals surface area contributed by atoms with Gasteiger partial charge in [0.2, 0.25) is 5.88 Å². The number of benzene rings is 1. The van der Waals surface area contributed by atoms with Gasteiger partial charge in [0.15, 0.2) is 6.61 Å².